The number of ether oxygens (including phenoxy) is 1. The number of aromatic amines is 1. The molecule has 0 atom stereocenters. The molecule has 1 heterocycles. The summed E-state index contributed by atoms with van der Waals surface area (Å²) in [4.78, 5) is 14.1. The zero-order valence-electron chi connectivity index (χ0n) is 8.17. The number of esters is 1. The summed E-state index contributed by atoms with van der Waals surface area (Å²) in [5.74, 6) is -0.317. The van der Waals surface area contributed by atoms with Gasteiger partial charge in [0.05, 0.1) is 7.11 Å². The SMILES string of the molecule is COC(=O)c1ccc(CNC2CC2)[nH]1. The Balaban J connectivity index is 1.91. The first kappa shape index (κ1) is 9.27. The molecule has 0 unspecified atom stereocenters. The monoisotopic (exact) mass is 194 g/mol. The van der Waals surface area contributed by atoms with Gasteiger partial charge in [-0.05, 0) is 25.0 Å². The molecule has 0 aliphatic heterocycles. The van der Waals surface area contributed by atoms with Crippen molar-refractivity contribution in [2.75, 3.05) is 7.11 Å². The van der Waals surface area contributed by atoms with Crippen molar-refractivity contribution < 1.29 is 9.53 Å². The molecule has 14 heavy (non-hydrogen) atoms. The first-order valence-electron chi connectivity index (χ1n) is 4.79. The zero-order chi connectivity index (χ0) is 9.97. The highest BCUT2D eigenvalue weighted by Crippen LogP contribution is 2.19. The summed E-state index contributed by atoms with van der Waals surface area (Å²) in [6.45, 7) is 0.793. The minimum Gasteiger partial charge on any atom is -0.464 e. The third-order valence-corrected chi connectivity index (χ3v) is 2.31. The van der Waals surface area contributed by atoms with Crippen molar-refractivity contribution in [1.82, 2.24) is 10.3 Å². The molecule has 1 saturated carbocycles. The van der Waals surface area contributed by atoms with Crippen LogP contribution in [0.4, 0.5) is 0 Å². The third-order valence-electron chi connectivity index (χ3n) is 2.31. The van der Waals surface area contributed by atoms with Crippen molar-refractivity contribution in [3.8, 4) is 0 Å². The first-order valence-corrected chi connectivity index (χ1v) is 4.79. The lowest BCUT2D eigenvalue weighted by Crippen LogP contribution is -2.15. The molecular formula is C10H14N2O2. The molecule has 4 heteroatoms. The van der Waals surface area contributed by atoms with E-state index in [0.29, 0.717) is 11.7 Å². The van der Waals surface area contributed by atoms with E-state index in [9.17, 15) is 4.79 Å². The smallest absolute Gasteiger partial charge is 0.354 e. The number of rotatable bonds is 4. The fourth-order valence-electron chi connectivity index (χ4n) is 1.31. The number of aromatic nitrogens is 1. The van der Waals surface area contributed by atoms with E-state index >= 15 is 0 Å². The van der Waals surface area contributed by atoms with E-state index in [0.717, 1.165) is 12.2 Å². The lowest BCUT2D eigenvalue weighted by atomic mass is 10.4. The van der Waals surface area contributed by atoms with Crippen LogP contribution in [0.25, 0.3) is 0 Å². The van der Waals surface area contributed by atoms with Crippen LogP contribution in [0.3, 0.4) is 0 Å². The van der Waals surface area contributed by atoms with Gasteiger partial charge in [-0.15, -0.1) is 0 Å². The van der Waals surface area contributed by atoms with E-state index in [1.54, 1.807) is 6.07 Å². The topological polar surface area (TPSA) is 54.1 Å². The molecule has 0 saturated heterocycles. The van der Waals surface area contributed by atoms with Crippen LogP contribution in [0.1, 0.15) is 29.0 Å². The Morgan fingerprint density at radius 1 is 1.64 bits per heavy atom. The van der Waals surface area contributed by atoms with Crippen LogP contribution < -0.4 is 5.32 Å². The molecule has 0 radical (unpaired) electrons. The second kappa shape index (κ2) is 3.84. The Labute approximate surface area is 82.6 Å². The van der Waals surface area contributed by atoms with Crippen LogP contribution in [0, 0.1) is 0 Å². The van der Waals surface area contributed by atoms with Gasteiger partial charge in [-0.1, -0.05) is 0 Å². The van der Waals surface area contributed by atoms with Gasteiger partial charge < -0.3 is 15.0 Å². The van der Waals surface area contributed by atoms with Gasteiger partial charge in [0.2, 0.25) is 0 Å². The molecule has 0 amide bonds. The number of carbonyl (C=O) groups excluding carboxylic acids is 1. The molecule has 2 N–H and O–H groups in total. The highest BCUT2D eigenvalue weighted by molar-refractivity contribution is 5.87. The highest BCUT2D eigenvalue weighted by Gasteiger charge is 2.20. The summed E-state index contributed by atoms with van der Waals surface area (Å²) < 4.78 is 4.60. The second-order valence-electron chi connectivity index (χ2n) is 3.54. The van der Waals surface area contributed by atoms with Gasteiger partial charge in [-0.25, -0.2) is 4.79 Å². The van der Waals surface area contributed by atoms with Crippen molar-refractivity contribution >= 4 is 5.97 Å². The number of hydrogen-bond acceptors (Lipinski definition) is 3. The highest BCUT2D eigenvalue weighted by atomic mass is 16.5. The van der Waals surface area contributed by atoms with Crippen LogP contribution in [-0.2, 0) is 11.3 Å². The number of H-pyrrole nitrogens is 1. The fraction of sp³-hybridized carbons (Fsp3) is 0.500. The van der Waals surface area contributed by atoms with Gasteiger partial charge in [0.25, 0.3) is 0 Å². The number of carbonyl (C=O) groups is 1. The van der Waals surface area contributed by atoms with Gasteiger partial charge in [-0.3, -0.25) is 0 Å². The normalized spacial score (nSPS) is 15.5. The van der Waals surface area contributed by atoms with E-state index in [2.05, 4.69) is 15.0 Å². The fourth-order valence-corrected chi connectivity index (χ4v) is 1.31. The summed E-state index contributed by atoms with van der Waals surface area (Å²) >= 11 is 0. The molecule has 1 aliphatic rings. The molecular weight excluding hydrogens is 180 g/mol. The largest absolute Gasteiger partial charge is 0.464 e. The van der Waals surface area contributed by atoms with Crippen molar-refractivity contribution in [1.29, 1.82) is 0 Å². The van der Waals surface area contributed by atoms with Gasteiger partial charge in [0.15, 0.2) is 0 Å². The van der Waals surface area contributed by atoms with Crippen LogP contribution >= 0.6 is 0 Å². The maximum atomic E-state index is 11.1. The Hall–Kier alpha value is -1.29. The number of nitrogens with one attached hydrogen (secondary N) is 2. The predicted molar refractivity (Wildman–Crippen MR) is 52.0 cm³/mol. The van der Waals surface area contributed by atoms with Gasteiger partial charge >= 0.3 is 5.97 Å². The minimum absolute atomic E-state index is 0.317. The molecule has 1 fully saturated rings. The minimum atomic E-state index is -0.317. The maximum absolute atomic E-state index is 11.1. The summed E-state index contributed by atoms with van der Waals surface area (Å²) in [6.07, 6.45) is 2.54. The Bertz CT molecular complexity index is 329. The molecule has 1 aliphatic carbocycles. The summed E-state index contributed by atoms with van der Waals surface area (Å²) in [5, 5.41) is 3.36. The van der Waals surface area contributed by atoms with Gasteiger partial charge in [-0.2, -0.15) is 0 Å². The Kier molecular flexibility index (Phi) is 2.54. The first-order chi connectivity index (χ1) is 6.79. The van der Waals surface area contributed by atoms with E-state index in [1.807, 2.05) is 6.07 Å². The van der Waals surface area contributed by atoms with E-state index in [1.165, 1.54) is 20.0 Å². The van der Waals surface area contributed by atoms with E-state index in [-0.39, 0.29) is 5.97 Å². The van der Waals surface area contributed by atoms with Crippen molar-refractivity contribution in [3.05, 3.63) is 23.5 Å². The second-order valence-corrected chi connectivity index (χ2v) is 3.54. The molecule has 1 aromatic heterocycles. The molecule has 76 valence electrons. The number of methoxy groups -OCH3 is 1. The lowest BCUT2D eigenvalue weighted by molar-refractivity contribution is 0.0594. The zero-order valence-corrected chi connectivity index (χ0v) is 8.17. The average Bonchev–Trinajstić information content (AvgIpc) is 2.92. The quantitative estimate of drug-likeness (QED) is 0.704. The molecule has 2 rings (SSSR count). The van der Waals surface area contributed by atoms with Crippen LogP contribution in [0.5, 0.6) is 0 Å². The Morgan fingerprint density at radius 3 is 3.07 bits per heavy atom. The molecule has 0 spiro atoms. The molecule has 1 aromatic rings. The van der Waals surface area contributed by atoms with Crippen molar-refractivity contribution in [2.45, 2.75) is 25.4 Å². The third kappa shape index (κ3) is 2.14. The summed E-state index contributed by atoms with van der Waals surface area (Å²) in [7, 11) is 1.38. The summed E-state index contributed by atoms with van der Waals surface area (Å²) in [6, 6.07) is 4.33. The Morgan fingerprint density at radius 2 is 2.43 bits per heavy atom. The lowest BCUT2D eigenvalue weighted by Gasteiger charge is -1.99. The number of hydrogen-bond donors (Lipinski definition) is 2. The summed E-state index contributed by atoms with van der Waals surface area (Å²) in [5.41, 5.74) is 1.54. The van der Waals surface area contributed by atoms with Crippen molar-refractivity contribution in [2.24, 2.45) is 0 Å². The standard InChI is InChI=1S/C10H14N2O2/c1-14-10(13)9-5-4-8(12-9)6-11-7-2-3-7/h4-5,7,11-12H,2-3,6H2,1H3. The predicted octanol–water partition coefficient (Wildman–Crippen LogP) is 1.05. The maximum Gasteiger partial charge on any atom is 0.354 e. The van der Waals surface area contributed by atoms with Gasteiger partial charge in [0, 0.05) is 18.3 Å². The van der Waals surface area contributed by atoms with Crippen LogP contribution in [0.15, 0.2) is 12.1 Å². The average molecular weight is 194 g/mol. The molecule has 4 nitrogen and oxygen atoms in total. The van der Waals surface area contributed by atoms with E-state index < -0.39 is 0 Å². The molecule has 0 aromatic carbocycles. The van der Waals surface area contributed by atoms with Gasteiger partial charge in [0.1, 0.15) is 5.69 Å². The van der Waals surface area contributed by atoms with Crippen molar-refractivity contribution in [3.63, 3.8) is 0 Å². The molecule has 0 bridgehead atoms. The van der Waals surface area contributed by atoms with Crippen LogP contribution in [0.2, 0.25) is 0 Å². The van der Waals surface area contributed by atoms with E-state index in [4.69, 9.17) is 0 Å². The van der Waals surface area contributed by atoms with Crippen LogP contribution in [-0.4, -0.2) is 24.1 Å².